The van der Waals surface area contributed by atoms with Crippen LogP contribution in [0.25, 0.3) is 0 Å². The summed E-state index contributed by atoms with van der Waals surface area (Å²) in [5.74, 6) is 0.246. The van der Waals surface area contributed by atoms with Crippen molar-refractivity contribution in [3.05, 3.63) is 22.8 Å². The topological polar surface area (TPSA) is 62.5 Å². The largest absolute Gasteiger partial charge is 0.384 e. The van der Waals surface area contributed by atoms with Crippen molar-refractivity contribution in [2.45, 2.75) is 19.9 Å². The number of hydrogen-bond donors (Lipinski definition) is 1. The Morgan fingerprint density at radius 1 is 1.37 bits per heavy atom. The highest BCUT2D eigenvalue weighted by Gasteiger charge is 2.24. The van der Waals surface area contributed by atoms with Crippen LogP contribution in [-0.4, -0.2) is 52.9 Å². The molecule has 0 aliphatic carbocycles. The van der Waals surface area contributed by atoms with Crippen molar-refractivity contribution in [3.63, 3.8) is 0 Å². The van der Waals surface area contributed by atoms with Crippen LogP contribution in [0.3, 0.4) is 0 Å². The van der Waals surface area contributed by atoms with Crippen molar-refractivity contribution < 1.29 is 4.79 Å². The second-order valence-corrected chi connectivity index (χ2v) is 5.42. The van der Waals surface area contributed by atoms with E-state index >= 15 is 0 Å². The molecule has 1 saturated heterocycles. The summed E-state index contributed by atoms with van der Waals surface area (Å²) < 4.78 is 0. The molecule has 5 nitrogen and oxygen atoms in total. The number of hydrogen-bond acceptors (Lipinski definition) is 4. The van der Waals surface area contributed by atoms with Crippen LogP contribution < -0.4 is 5.73 Å². The lowest BCUT2D eigenvalue weighted by Crippen LogP contribution is -2.50. The molecule has 2 N–H and O–H groups in total. The molecule has 0 spiro atoms. The Kier molecular flexibility index (Phi) is 4.27. The Hall–Kier alpha value is -1.33. The molecule has 1 aliphatic rings. The molecule has 0 atom stereocenters. The average Bonchev–Trinajstić information content (AvgIpc) is 2.41. The molecule has 0 unspecified atom stereocenters. The Morgan fingerprint density at radius 2 is 2.00 bits per heavy atom. The second kappa shape index (κ2) is 5.75. The van der Waals surface area contributed by atoms with Gasteiger partial charge in [0.05, 0.1) is 10.6 Å². The molecule has 6 heteroatoms. The Morgan fingerprint density at radius 3 is 2.58 bits per heavy atom. The molecule has 2 rings (SSSR count). The minimum Gasteiger partial charge on any atom is -0.384 e. The summed E-state index contributed by atoms with van der Waals surface area (Å²) in [6.07, 6.45) is 1.43. The maximum Gasteiger partial charge on any atom is 0.255 e. The van der Waals surface area contributed by atoms with Crippen LogP contribution in [0.2, 0.25) is 5.02 Å². The maximum atomic E-state index is 12.4. The van der Waals surface area contributed by atoms with E-state index in [1.165, 1.54) is 6.20 Å². The third-order valence-electron chi connectivity index (χ3n) is 3.44. The lowest BCUT2D eigenvalue weighted by atomic mass is 10.2. The first-order chi connectivity index (χ1) is 8.99. The van der Waals surface area contributed by atoms with Crippen molar-refractivity contribution in [2.75, 3.05) is 31.9 Å². The van der Waals surface area contributed by atoms with E-state index in [9.17, 15) is 4.79 Å². The number of halogens is 1. The fourth-order valence-corrected chi connectivity index (χ4v) is 2.41. The Bertz CT molecular complexity index is 470. The molecule has 0 bridgehead atoms. The minimum atomic E-state index is -0.0671. The molecule has 0 aromatic carbocycles. The smallest absolute Gasteiger partial charge is 0.255 e. The molecule has 19 heavy (non-hydrogen) atoms. The number of pyridine rings is 1. The van der Waals surface area contributed by atoms with Gasteiger partial charge in [-0.05, 0) is 19.9 Å². The van der Waals surface area contributed by atoms with Crippen LogP contribution in [-0.2, 0) is 0 Å². The number of anilines is 1. The van der Waals surface area contributed by atoms with Crippen LogP contribution in [0.1, 0.15) is 24.2 Å². The molecular formula is C13H19ClN4O. The number of aromatic nitrogens is 1. The van der Waals surface area contributed by atoms with Crippen LogP contribution in [0.5, 0.6) is 0 Å². The molecule has 0 radical (unpaired) electrons. The standard InChI is InChI=1S/C13H19ClN4O/c1-9(2)17-3-5-18(6-4-17)13(19)10-7-12(15)16-8-11(10)14/h7-9H,3-6H2,1-2H3,(H2,15,16). The first-order valence-electron chi connectivity index (χ1n) is 6.43. The number of nitrogen functional groups attached to an aromatic ring is 1. The SMILES string of the molecule is CC(C)N1CCN(C(=O)c2cc(N)ncc2Cl)CC1. The van der Waals surface area contributed by atoms with Gasteiger partial charge in [-0.3, -0.25) is 9.69 Å². The number of piperazine rings is 1. The predicted octanol–water partition coefficient (Wildman–Crippen LogP) is 1.48. The third-order valence-corrected chi connectivity index (χ3v) is 3.74. The molecule has 1 amide bonds. The van der Waals surface area contributed by atoms with Gasteiger partial charge in [0.25, 0.3) is 5.91 Å². The number of nitrogens with two attached hydrogens (primary N) is 1. The third kappa shape index (κ3) is 3.16. The maximum absolute atomic E-state index is 12.4. The number of carbonyl (C=O) groups excluding carboxylic acids is 1. The van der Waals surface area contributed by atoms with Gasteiger partial charge < -0.3 is 10.6 Å². The highest BCUT2D eigenvalue weighted by Crippen LogP contribution is 2.19. The van der Waals surface area contributed by atoms with Crippen molar-refractivity contribution in [3.8, 4) is 0 Å². The van der Waals surface area contributed by atoms with Crippen LogP contribution >= 0.6 is 11.6 Å². The molecule has 1 aromatic rings. The summed E-state index contributed by atoms with van der Waals surface area (Å²) in [7, 11) is 0. The normalized spacial score (nSPS) is 16.9. The van der Waals surface area contributed by atoms with E-state index in [1.807, 2.05) is 4.90 Å². The first-order valence-corrected chi connectivity index (χ1v) is 6.81. The quantitative estimate of drug-likeness (QED) is 0.893. The van der Waals surface area contributed by atoms with Gasteiger partial charge in [0, 0.05) is 38.4 Å². The first kappa shape index (κ1) is 14.1. The van der Waals surface area contributed by atoms with E-state index in [-0.39, 0.29) is 5.91 Å². The monoisotopic (exact) mass is 282 g/mol. The van der Waals surface area contributed by atoms with Gasteiger partial charge in [-0.2, -0.15) is 0 Å². The summed E-state index contributed by atoms with van der Waals surface area (Å²) in [6, 6.07) is 2.05. The Balaban J connectivity index is 2.07. The highest BCUT2D eigenvalue weighted by molar-refractivity contribution is 6.33. The number of carbonyl (C=O) groups is 1. The molecule has 104 valence electrons. The number of amides is 1. The zero-order valence-electron chi connectivity index (χ0n) is 11.3. The van der Waals surface area contributed by atoms with Gasteiger partial charge in [-0.1, -0.05) is 11.6 Å². The van der Waals surface area contributed by atoms with Crippen molar-refractivity contribution in [1.82, 2.24) is 14.8 Å². The van der Waals surface area contributed by atoms with Crippen molar-refractivity contribution in [1.29, 1.82) is 0 Å². The van der Waals surface area contributed by atoms with Gasteiger partial charge in [-0.25, -0.2) is 4.98 Å². The van der Waals surface area contributed by atoms with Gasteiger partial charge in [0.2, 0.25) is 0 Å². The molecule has 1 fully saturated rings. The minimum absolute atomic E-state index is 0.0671. The van der Waals surface area contributed by atoms with Gasteiger partial charge in [-0.15, -0.1) is 0 Å². The van der Waals surface area contributed by atoms with Crippen LogP contribution in [0, 0.1) is 0 Å². The lowest BCUT2D eigenvalue weighted by Gasteiger charge is -2.37. The zero-order valence-corrected chi connectivity index (χ0v) is 12.0. The van der Waals surface area contributed by atoms with E-state index in [0.717, 1.165) is 26.2 Å². The summed E-state index contributed by atoms with van der Waals surface area (Å²) >= 11 is 6.01. The molecule has 1 aromatic heterocycles. The summed E-state index contributed by atoms with van der Waals surface area (Å²) in [5, 5.41) is 0.352. The zero-order chi connectivity index (χ0) is 14.0. The van der Waals surface area contributed by atoms with E-state index in [4.69, 9.17) is 17.3 Å². The summed E-state index contributed by atoms with van der Waals surface area (Å²) in [4.78, 5) is 20.4. The molecule has 2 heterocycles. The van der Waals surface area contributed by atoms with Gasteiger partial charge in [0.1, 0.15) is 5.82 Å². The molecule has 0 saturated carbocycles. The number of rotatable bonds is 2. The van der Waals surface area contributed by atoms with Gasteiger partial charge >= 0.3 is 0 Å². The fraction of sp³-hybridized carbons (Fsp3) is 0.538. The second-order valence-electron chi connectivity index (χ2n) is 5.01. The summed E-state index contributed by atoms with van der Waals surface area (Å²) in [6.45, 7) is 7.55. The molecular weight excluding hydrogens is 264 g/mol. The van der Waals surface area contributed by atoms with Gasteiger partial charge in [0.15, 0.2) is 0 Å². The van der Waals surface area contributed by atoms with Crippen LogP contribution in [0.15, 0.2) is 12.3 Å². The lowest BCUT2D eigenvalue weighted by molar-refractivity contribution is 0.0595. The van der Waals surface area contributed by atoms with E-state index < -0.39 is 0 Å². The fourth-order valence-electron chi connectivity index (χ4n) is 2.23. The van der Waals surface area contributed by atoms with E-state index in [0.29, 0.717) is 22.4 Å². The van der Waals surface area contributed by atoms with Crippen LogP contribution in [0.4, 0.5) is 5.82 Å². The highest BCUT2D eigenvalue weighted by atomic mass is 35.5. The molecule has 1 aliphatic heterocycles. The van der Waals surface area contributed by atoms with Crippen molar-refractivity contribution >= 4 is 23.3 Å². The average molecular weight is 283 g/mol. The summed E-state index contributed by atoms with van der Waals surface area (Å²) in [5.41, 5.74) is 6.05. The van der Waals surface area contributed by atoms with E-state index in [1.54, 1.807) is 6.07 Å². The Labute approximate surface area is 118 Å². The van der Waals surface area contributed by atoms with Crippen molar-refractivity contribution in [2.24, 2.45) is 0 Å². The predicted molar refractivity (Wildman–Crippen MR) is 76.3 cm³/mol. The van der Waals surface area contributed by atoms with E-state index in [2.05, 4.69) is 23.7 Å². The number of nitrogens with zero attached hydrogens (tertiary/aromatic N) is 3.